The maximum atomic E-state index is 14.5. The van der Waals surface area contributed by atoms with Crippen LogP contribution < -0.4 is 9.46 Å². The molecule has 24 heavy (non-hydrogen) atoms. The average Bonchev–Trinajstić information content (AvgIpc) is 2.92. The van der Waals surface area contributed by atoms with E-state index in [1.54, 1.807) is 6.92 Å². The van der Waals surface area contributed by atoms with Crippen molar-refractivity contribution in [2.24, 2.45) is 0 Å². The predicted molar refractivity (Wildman–Crippen MR) is 87.7 cm³/mol. The molecule has 2 atom stereocenters. The van der Waals surface area contributed by atoms with E-state index < -0.39 is 29.2 Å². The molecular formula is C12H12ClFNO6PS2. The molecule has 2 unspecified atom stereocenters. The van der Waals surface area contributed by atoms with Crippen molar-refractivity contribution in [3.05, 3.63) is 23.5 Å². The lowest BCUT2D eigenvalue weighted by Crippen LogP contribution is -2.20. The molecule has 0 aliphatic carbocycles. The molecule has 0 saturated carbocycles. The average molecular weight is 416 g/mol. The Morgan fingerprint density at radius 1 is 1.50 bits per heavy atom. The number of rotatable bonds is 4. The third-order valence-corrected chi connectivity index (χ3v) is 7.79. The number of fused-ring (bicyclic) bond motifs is 3. The molecule has 0 amide bonds. The highest BCUT2D eigenvalue weighted by atomic mass is 35.5. The minimum absolute atomic E-state index is 0.128. The first-order chi connectivity index (χ1) is 11.0. The van der Waals surface area contributed by atoms with E-state index >= 15 is 0 Å². The zero-order valence-corrected chi connectivity index (χ0v) is 15.3. The number of benzene rings is 1. The van der Waals surface area contributed by atoms with Gasteiger partial charge in [0.25, 0.3) is 10.0 Å². The molecule has 0 radical (unpaired) electrons. The number of thiophene rings is 1. The number of hydrogen-bond acceptors (Lipinski definition) is 5. The van der Waals surface area contributed by atoms with Gasteiger partial charge < -0.3 is 14.5 Å². The van der Waals surface area contributed by atoms with Crippen LogP contribution >= 0.6 is 30.5 Å². The van der Waals surface area contributed by atoms with Gasteiger partial charge >= 0.3 is 7.60 Å². The third-order valence-electron chi connectivity index (χ3n) is 3.32. The molecule has 2 heterocycles. The summed E-state index contributed by atoms with van der Waals surface area (Å²) < 4.78 is 57.4. The topological polar surface area (TPSA) is 113 Å². The summed E-state index contributed by atoms with van der Waals surface area (Å²) in [6, 6.07) is 2.46. The van der Waals surface area contributed by atoms with E-state index in [4.69, 9.17) is 16.3 Å². The molecule has 0 saturated heterocycles. The highest BCUT2D eigenvalue weighted by Gasteiger charge is 2.47. The normalized spacial score (nSPS) is 21.0. The first kappa shape index (κ1) is 18.1. The lowest BCUT2D eigenvalue weighted by molar-refractivity contribution is 0.319. The van der Waals surface area contributed by atoms with Crippen molar-refractivity contribution >= 4 is 50.6 Å². The van der Waals surface area contributed by atoms with Gasteiger partial charge in [-0.05, 0) is 13.0 Å². The molecule has 7 nitrogen and oxygen atoms in total. The first-order valence-electron chi connectivity index (χ1n) is 6.61. The summed E-state index contributed by atoms with van der Waals surface area (Å²) in [5.41, 5.74) is -0.238. The van der Waals surface area contributed by atoms with Crippen LogP contribution in [-0.2, 0) is 14.6 Å². The fraction of sp³-hybridized carbons (Fsp3) is 0.333. The molecule has 0 spiro atoms. The predicted octanol–water partition coefficient (Wildman–Crippen LogP) is 2.51. The quantitative estimate of drug-likeness (QED) is 0.522. The van der Waals surface area contributed by atoms with Crippen molar-refractivity contribution in [2.45, 2.75) is 22.3 Å². The first-order valence-corrected chi connectivity index (χ1v) is 11.0. The summed E-state index contributed by atoms with van der Waals surface area (Å²) in [6.45, 7) is 1.82. The standard InChI is InChI=1S/C12H12ClFNO6PS2/c1-5(13)4-21-6-2-7(14)9-8(3-6)23-12-10(9)11(22(16,17)18)15-24(12,19)20/h2-3,5,11,15H,4H2,1H3,(H2,16,17,18). The van der Waals surface area contributed by atoms with Gasteiger partial charge in [-0.2, -0.15) is 4.72 Å². The van der Waals surface area contributed by atoms with Crippen LogP contribution in [0.4, 0.5) is 4.39 Å². The van der Waals surface area contributed by atoms with Gasteiger partial charge in [0.05, 0.1) is 5.38 Å². The van der Waals surface area contributed by atoms with Gasteiger partial charge in [-0.3, -0.25) is 4.57 Å². The van der Waals surface area contributed by atoms with Crippen molar-refractivity contribution in [3.8, 4) is 5.75 Å². The maximum Gasteiger partial charge on any atom is 0.347 e. The molecular weight excluding hydrogens is 404 g/mol. The van der Waals surface area contributed by atoms with Crippen LogP contribution in [0.15, 0.2) is 16.3 Å². The molecule has 3 N–H and O–H groups in total. The molecule has 1 aromatic heterocycles. The Balaban J connectivity index is 2.20. The number of alkyl halides is 1. The second kappa shape index (κ2) is 5.91. The van der Waals surface area contributed by atoms with E-state index in [1.807, 2.05) is 4.72 Å². The highest BCUT2D eigenvalue weighted by molar-refractivity contribution is 7.92. The van der Waals surface area contributed by atoms with Gasteiger partial charge in [0, 0.05) is 21.7 Å². The Labute approximate surface area is 145 Å². The van der Waals surface area contributed by atoms with Crippen LogP contribution in [0.1, 0.15) is 18.3 Å². The summed E-state index contributed by atoms with van der Waals surface area (Å²) in [5, 5.41) is -0.441. The Kier molecular flexibility index (Phi) is 4.45. The number of nitrogens with one attached hydrogen (secondary N) is 1. The molecule has 2 aromatic rings. The Bertz CT molecular complexity index is 970. The van der Waals surface area contributed by atoms with E-state index in [2.05, 4.69) is 0 Å². The summed E-state index contributed by atoms with van der Waals surface area (Å²) in [5.74, 6) is -2.46. The van der Waals surface area contributed by atoms with Gasteiger partial charge in [0.1, 0.15) is 22.4 Å². The molecule has 0 fully saturated rings. The van der Waals surface area contributed by atoms with Gasteiger partial charge in [-0.1, -0.05) is 0 Å². The van der Waals surface area contributed by atoms with Crippen molar-refractivity contribution in [1.82, 2.24) is 4.72 Å². The van der Waals surface area contributed by atoms with Gasteiger partial charge in [-0.15, -0.1) is 22.9 Å². The second-order valence-corrected chi connectivity index (χ2v) is 10.7. The minimum atomic E-state index is -4.85. The van der Waals surface area contributed by atoms with Crippen LogP contribution in [0, 0.1) is 5.82 Å². The van der Waals surface area contributed by atoms with Crippen molar-refractivity contribution in [1.29, 1.82) is 0 Å². The Morgan fingerprint density at radius 3 is 2.75 bits per heavy atom. The van der Waals surface area contributed by atoms with Gasteiger partial charge in [-0.25, -0.2) is 12.8 Å². The Morgan fingerprint density at radius 2 is 2.17 bits per heavy atom. The zero-order chi connectivity index (χ0) is 17.9. The number of halogens is 2. The fourth-order valence-corrected chi connectivity index (χ4v) is 7.09. The largest absolute Gasteiger partial charge is 0.492 e. The van der Waals surface area contributed by atoms with Gasteiger partial charge in [0.2, 0.25) is 0 Å². The monoisotopic (exact) mass is 415 g/mol. The molecule has 1 aromatic carbocycles. The number of ether oxygens (including phenoxy) is 1. The second-order valence-electron chi connectivity index (χ2n) is 5.29. The molecule has 0 bridgehead atoms. The smallest absolute Gasteiger partial charge is 0.347 e. The number of sulfonamides is 1. The Hall–Kier alpha value is -0.740. The minimum Gasteiger partial charge on any atom is -0.492 e. The number of hydrogen-bond donors (Lipinski definition) is 3. The van der Waals surface area contributed by atoms with Crippen molar-refractivity contribution in [3.63, 3.8) is 0 Å². The van der Waals surface area contributed by atoms with Crippen molar-refractivity contribution < 1.29 is 31.9 Å². The van der Waals surface area contributed by atoms with E-state index in [-0.39, 0.29) is 37.6 Å². The lowest BCUT2D eigenvalue weighted by Gasteiger charge is -2.13. The highest BCUT2D eigenvalue weighted by Crippen LogP contribution is 2.58. The van der Waals surface area contributed by atoms with E-state index in [1.165, 1.54) is 6.07 Å². The molecule has 1 aliphatic heterocycles. The lowest BCUT2D eigenvalue weighted by atomic mass is 10.1. The summed E-state index contributed by atoms with van der Waals surface area (Å²) in [6.07, 6.45) is 0. The SMILES string of the molecule is CC(Cl)COc1cc(F)c2c3c(sc2c1)S(=O)(=O)NC3P(=O)(O)O. The van der Waals surface area contributed by atoms with E-state index in [9.17, 15) is 27.2 Å². The van der Waals surface area contributed by atoms with Crippen molar-refractivity contribution in [2.75, 3.05) is 6.61 Å². The van der Waals surface area contributed by atoms with E-state index in [0.717, 1.165) is 17.4 Å². The molecule has 3 rings (SSSR count). The van der Waals surface area contributed by atoms with Crippen LogP contribution in [-0.4, -0.2) is 30.2 Å². The third kappa shape index (κ3) is 3.08. The van der Waals surface area contributed by atoms with Crippen LogP contribution in [0.2, 0.25) is 0 Å². The van der Waals surface area contributed by atoms with E-state index in [0.29, 0.717) is 0 Å². The maximum absolute atomic E-state index is 14.5. The summed E-state index contributed by atoms with van der Waals surface area (Å²) in [7, 11) is -8.96. The van der Waals surface area contributed by atoms with Gasteiger partial charge in [0.15, 0.2) is 5.78 Å². The van der Waals surface area contributed by atoms with Crippen LogP contribution in [0.5, 0.6) is 5.75 Å². The molecule has 12 heteroatoms. The van der Waals surface area contributed by atoms with Crippen LogP contribution in [0.25, 0.3) is 10.1 Å². The summed E-state index contributed by atoms with van der Waals surface area (Å²) in [4.78, 5) is 18.8. The fourth-order valence-electron chi connectivity index (χ4n) is 2.40. The molecule has 132 valence electrons. The summed E-state index contributed by atoms with van der Waals surface area (Å²) >= 11 is 6.49. The van der Waals surface area contributed by atoms with Crippen LogP contribution in [0.3, 0.4) is 0 Å². The molecule has 1 aliphatic rings. The zero-order valence-electron chi connectivity index (χ0n) is 12.1.